The van der Waals surface area contributed by atoms with Crippen molar-refractivity contribution in [1.82, 2.24) is 24.9 Å². The van der Waals surface area contributed by atoms with Crippen LogP contribution in [0.15, 0.2) is 30.9 Å². The fourth-order valence-electron chi connectivity index (χ4n) is 1.85. The molecule has 3 aromatic rings. The Kier molecular flexibility index (Phi) is 3.00. The van der Waals surface area contributed by atoms with Crippen molar-refractivity contribution in [2.24, 2.45) is 0 Å². The smallest absolute Gasteiger partial charge is 0.226 e. The predicted octanol–water partition coefficient (Wildman–Crippen LogP) is 2.57. The Labute approximate surface area is 114 Å². The molecule has 0 aliphatic heterocycles. The molecule has 1 unspecified atom stereocenters. The average molecular weight is 275 g/mol. The highest BCUT2D eigenvalue weighted by Gasteiger charge is 2.12. The molecule has 0 saturated heterocycles. The molecule has 0 saturated carbocycles. The highest BCUT2D eigenvalue weighted by molar-refractivity contribution is 6.28. The van der Waals surface area contributed by atoms with Gasteiger partial charge in [-0.25, -0.2) is 4.98 Å². The normalized spacial score (nSPS) is 12.5. The minimum absolute atomic E-state index is 0.0638. The van der Waals surface area contributed by atoms with Gasteiger partial charge in [0, 0.05) is 12.4 Å². The number of aromatic amines is 1. The number of H-pyrrole nitrogens is 1. The number of anilines is 1. The third-order valence-electron chi connectivity index (χ3n) is 2.81. The first-order valence-electron chi connectivity index (χ1n) is 5.77. The molecule has 0 aliphatic carbocycles. The first-order valence-corrected chi connectivity index (χ1v) is 6.15. The molecule has 3 heterocycles. The lowest BCUT2D eigenvalue weighted by Crippen LogP contribution is -2.09. The van der Waals surface area contributed by atoms with Crippen LogP contribution in [0.1, 0.15) is 18.5 Å². The fourth-order valence-corrected chi connectivity index (χ4v) is 2.02. The van der Waals surface area contributed by atoms with Crippen LogP contribution in [-0.4, -0.2) is 24.9 Å². The summed E-state index contributed by atoms with van der Waals surface area (Å²) in [4.78, 5) is 19.4. The molecule has 0 fully saturated rings. The van der Waals surface area contributed by atoms with Gasteiger partial charge < -0.3 is 10.3 Å². The number of pyridine rings is 1. The van der Waals surface area contributed by atoms with E-state index >= 15 is 0 Å². The molecular weight excluding hydrogens is 264 g/mol. The number of imidazole rings is 1. The summed E-state index contributed by atoms with van der Waals surface area (Å²) in [7, 11) is 0. The van der Waals surface area contributed by atoms with Gasteiger partial charge in [0.2, 0.25) is 5.28 Å². The van der Waals surface area contributed by atoms with Crippen LogP contribution in [0.25, 0.3) is 11.2 Å². The van der Waals surface area contributed by atoms with Crippen molar-refractivity contribution >= 4 is 28.6 Å². The molecule has 0 amide bonds. The summed E-state index contributed by atoms with van der Waals surface area (Å²) < 4.78 is 0. The van der Waals surface area contributed by atoms with Crippen molar-refractivity contribution in [2.45, 2.75) is 13.0 Å². The van der Waals surface area contributed by atoms with Gasteiger partial charge in [-0.15, -0.1) is 0 Å². The molecule has 7 heteroatoms. The van der Waals surface area contributed by atoms with E-state index < -0.39 is 0 Å². The lowest BCUT2D eigenvalue weighted by atomic mass is 10.1. The van der Waals surface area contributed by atoms with E-state index in [9.17, 15) is 0 Å². The largest absolute Gasteiger partial charge is 0.362 e. The third kappa shape index (κ3) is 2.34. The molecule has 2 N–H and O–H groups in total. The number of hydrogen-bond acceptors (Lipinski definition) is 5. The van der Waals surface area contributed by atoms with Crippen molar-refractivity contribution in [3.63, 3.8) is 0 Å². The van der Waals surface area contributed by atoms with E-state index in [-0.39, 0.29) is 11.3 Å². The molecule has 19 heavy (non-hydrogen) atoms. The van der Waals surface area contributed by atoms with Crippen LogP contribution in [0.5, 0.6) is 0 Å². The second kappa shape index (κ2) is 4.81. The average Bonchev–Trinajstić information content (AvgIpc) is 2.88. The third-order valence-corrected chi connectivity index (χ3v) is 2.98. The van der Waals surface area contributed by atoms with E-state index in [0.717, 1.165) is 5.56 Å². The Morgan fingerprint density at radius 2 is 2.05 bits per heavy atom. The number of nitrogens with one attached hydrogen (secondary N) is 2. The second-order valence-electron chi connectivity index (χ2n) is 4.09. The molecular formula is C12H11ClN6. The number of rotatable bonds is 3. The molecule has 1 atom stereocenters. The molecule has 0 bridgehead atoms. The number of hydrogen-bond donors (Lipinski definition) is 2. The zero-order valence-electron chi connectivity index (χ0n) is 10.1. The number of nitrogens with zero attached hydrogens (tertiary/aromatic N) is 4. The molecule has 96 valence electrons. The molecule has 0 aromatic carbocycles. The van der Waals surface area contributed by atoms with Gasteiger partial charge in [-0.3, -0.25) is 4.98 Å². The highest BCUT2D eigenvalue weighted by Crippen LogP contribution is 2.23. The van der Waals surface area contributed by atoms with Crippen LogP contribution < -0.4 is 5.32 Å². The van der Waals surface area contributed by atoms with Gasteiger partial charge in [0.05, 0.1) is 12.4 Å². The van der Waals surface area contributed by atoms with E-state index in [1.165, 1.54) is 0 Å². The van der Waals surface area contributed by atoms with Crippen LogP contribution >= 0.6 is 11.6 Å². The molecule has 3 rings (SSSR count). The number of halogens is 1. The van der Waals surface area contributed by atoms with Gasteiger partial charge in [-0.1, -0.05) is 0 Å². The summed E-state index contributed by atoms with van der Waals surface area (Å²) >= 11 is 5.89. The van der Waals surface area contributed by atoms with Crippen LogP contribution in [0.3, 0.4) is 0 Å². The lowest BCUT2D eigenvalue weighted by Gasteiger charge is -2.14. The predicted molar refractivity (Wildman–Crippen MR) is 73.0 cm³/mol. The minimum atomic E-state index is 0.0638. The van der Waals surface area contributed by atoms with E-state index in [1.54, 1.807) is 18.7 Å². The second-order valence-corrected chi connectivity index (χ2v) is 4.43. The van der Waals surface area contributed by atoms with Gasteiger partial charge in [0.1, 0.15) is 5.52 Å². The zero-order chi connectivity index (χ0) is 13.2. The monoisotopic (exact) mass is 274 g/mol. The minimum Gasteiger partial charge on any atom is -0.362 e. The Balaban J connectivity index is 1.95. The van der Waals surface area contributed by atoms with Gasteiger partial charge in [0.25, 0.3) is 0 Å². The lowest BCUT2D eigenvalue weighted by molar-refractivity contribution is 0.871. The maximum Gasteiger partial charge on any atom is 0.226 e. The van der Waals surface area contributed by atoms with Crippen LogP contribution in [0.2, 0.25) is 5.28 Å². The van der Waals surface area contributed by atoms with Crippen LogP contribution in [-0.2, 0) is 0 Å². The molecule has 0 radical (unpaired) electrons. The van der Waals surface area contributed by atoms with Crippen LogP contribution in [0, 0.1) is 0 Å². The van der Waals surface area contributed by atoms with Crippen molar-refractivity contribution in [3.05, 3.63) is 41.7 Å². The van der Waals surface area contributed by atoms with E-state index in [4.69, 9.17) is 11.6 Å². The Morgan fingerprint density at radius 3 is 2.84 bits per heavy atom. The van der Waals surface area contributed by atoms with E-state index in [1.807, 2.05) is 19.1 Å². The summed E-state index contributed by atoms with van der Waals surface area (Å²) in [5.41, 5.74) is 2.39. The first kappa shape index (κ1) is 11.9. The molecule has 6 nitrogen and oxygen atoms in total. The zero-order valence-corrected chi connectivity index (χ0v) is 10.9. The topological polar surface area (TPSA) is 79.4 Å². The quantitative estimate of drug-likeness (QED) is 0.718. The summed E-state index contributed by atoms with van der Waals surface area (Å²) in [6.07, 6.45) is 5.08. The summed E-state index contributed by atoms with van der Waals surface area (Å²) in [5.74, 6) is 0.612. The van der Waals surface area contributed by atoms with Crippen molar-refractivity contribution in [2.75, 3.05) is 5.32 Å². The van der Waals surface area contributed by atoms with E-state index in [0.29, 0.717) is 17.0 Å². The van der Waals surface area contributed by atoms with Gasteiger partial charge in [-0.05, 0) is 36.2 Å². The van der Waals surface area contributed by atoms with Crippen LogP contribution in [0.4, 0.5) is 5.82 Å². The number of fused-ring (bicyclic) bond motifs is 1. The molecule has 0 aliphatic rings. The summed E-state index contributed by atoms with van der Waals surface area (Å²) in [6, 6.07) is 3.96. The maximum atomic E-state index is 5.89. The van der Waals surface area contributed by atoms with Crippen molar-refractivity contribution in [1.29, 1.82) is 0 Å². The highest BCUT2D eigenvalue weighted by atomic mass is 35.5. The maximum absolute atomic E-state index is 5.89. The van der Waals surface area contributed by atoms with Crippen molar-refractivity contribution in [3.8, 4) is 0 Å². The van der Waals surface area contributed by atoms with Gasteiger partial charge in [0.15, 0.2) is 11.5 Å². The summed E-state index contributed by atoms with van der Waals surface area (Å²) in [6.45, 7) is 2.03. The molecule has 3 aromatic heterocycles. The first-order chi connectivity index (χ1) is 9.24. The fraction of sp³-hybridized carbons (Fsp3) is 0.167. The Morgan fingerprint density at radius 1 is 1.26 bits per heavy atom. The molecule has 0 spiro atoms. The Bertz CT molecular complexity index is 696. The Hall–Kier alpha value is -2.21. The van der Waals surface area contributed by atoms with Crippen molar-refractivity contribution < 1.29 is 0 Å². The summed E-state index contributed by atoms with van der Waals surface area (Å²) in [5, 5.41) is 3.46. The van der Waals surface area contributed by atoms with E-state index in [2.05, 4.69) is 30.2 Å². The number of aromatic nitrogens is 5. The van der Waals surface area contributed by atoms with Gasteiger partial charge >= 0.3 is 0 Å². The van der Waals surface area contributed by atoms with Gasteiger partial charge in [-0.2, -0.15) is 9.97 Å². The standard InChI is InChI=1S/C12H11ClN6/c1-7(8-2-4-14-5-3-8)17-11-9-10(16-6-15-9)18-12(13)19-11/h2-7H,1H3,(H2,15,16,17,18,19). The SMILES string of the molecule is CC(Nc1nc(Cl)nc2[nH]cnc12)c1ccncc1.